The molecular weight excluding hydrogens is 236 g/mol. The van der Waals surface area contributed by atoms with Crippen LogP contribution in [-0.4, -0.2) is 44.3 Å². The Labute approximate surface area is 95.5 Å². The van der Waals surface area contributed by atoms with Crippen LogP contribution in [0.3, 0.4) is 0 Å². The monoisotopic (exact) mass is 248 g/mol. The van der Waals surface area contributed by atoms with Crippen LogP contribution in [0.1, 0.15) is 13.8 Å². The van der Waals surface area contributed by atoms with Crippen molar-refractivity contribution in [1.82, 2.24) is 0 Å². The zero-order valence-electron chi connectivity index (χ0n) is 9.08. The molecule has 0 saturated heterocycles. The fraction of sp³-hybridized carbons (Fsp3) is 0.556. The molecule has 0 heterocycles. The molecule has 0 aromatic carbocycles. The molecule has 4 N–H and O–H groups in total. The highest BCUT2D eigenvalue weighted by atomic mass is 16.4. The van der Waals surface area contributed by atoms with Crippen LogP contribution in [0.2, 0.25) is 0 Å². The second-order valence-electron chi connectivity index (χ2n) is 3.78. The topological polar surface area (TPSA) is 149 Å². The molecule has 0 aliphatic carbocycles. The van der Waals surface area contributed by atoms with E-state index in [4.69, 9.17) is 20.4 Å². The highest BCUT2D eigenvalue weighted by Gasteiger charge is 2.63. The largest absolute Gasteiger partial charge is 0.481 e. The lowest BCUT2D eigenvalue weighted by Gasteiger charge is -2.29. The van der Waals surface area contributed by atoms with Crippen molar-refractivity contribution in [1.29, 1.82) is 0 Å². The Morgan fingerprint density at radius 1 is 0.824 bits per heavy atom. The Kier molecular flexibility index (Phi) is 4.21. The third-order valence-corrected chi connectivity index (χ3v) is 2.41. The van der Waals surface area contributed by atoms with Gasteiger partial charge in [0.1, 0.15) is 0 Å². The van der Waals surface area contributed by atoms with Gasteiger partial charge >= 0.3 is 23.9 Å². The van der Waals surface area contributed by atoms with Crippen LogP contribution in [0.15, 0.2) is 0 Å². The SMILES string of the molecule is CC(C)C(C(=O)O)C(C(=O)O)(C(=O)O)C(=O)O. The highest BCUT2D eigenvalue weighted by molar-refractivity contribution is 6.18. The van der Waals surface area contributed by atoms with Crippen molar-refractivity contribution in [2.45, 2.75) is 13.8 Å². The van der Waals surface area contributed by atoms with Crippen molar-refractivity contribution in [3.8, 4) is 0 Å². The number of hydrogen-bond donors (Lipinski definition) is 4. The standard InChI is InChI=1S/C9H12O8/c1-3(2)4(5(10)11)9(6(12)13,7(14)15)8(16)17/h3-4H,1-2H3,(H,10,11)(H,12,13)(H,14,15)(H,16,17). The lowest BCUT2D eigenvalue weighted by atomic mass is 9.70. The molecule has 8 nitrogen and oxygen atoms in total. The van der Waals surface area contributed by atoms with Crippen molar-refractivity contribution in [3.63, 3.8) is 0 Å². The average molecular weight is 248 g/mol. The maximum Gasteiger partial charge on any atom is 0.333 e. The molecule has 0 aromatic rings. The number of rotatable bonds is 6. The first-order valence-corrected chi connectivity index (χ1v) is 4.53. The molecule has 0 saturated carbocycles. The third kappa shape index (κ3) is 2.19. The van der Waals surface area contributed by atoms with E-state index in [0.29, 0.717) is 0 Å². The van der Waals surface area contributed by atoms with Gasteiger partial charge in [-0.05, 0) is 5.92 Å². The molecule has 1 atom stereocenters. The number of hydrogen-bond acceptors (Lipinski definition) is 4. The maximum atomic E-state index is 10.9. The summed E-state index contributed by atoms with van der Waals surface area (Å²) in [5, 5.41) is 35.3. The molecule has 0 radical (unpaired) electrons. The molecule has 8 heteroatoms. The average Bonchev–Trinajstić information content (AvgIpc) is 2.09. The molecule has 0 aliphatic heterocycles. The summed E-state index contributed by atoms with van der Waals surface area (Å²) in [5.41, 5.74) is -3.39. The van der Waals surface area contributed by atoms with Gasteiger partial charge in [-0.1, -0.05) is 13.8 Å². The maximum absolute atomic E-state index is 10.9. The van der Waals surface area contributed by atoms with E-state index in [2.05, 4.69) is 0 Å². The van der Waals surface area contributed by atoms with E-state index < -0.39 is 41.1 Å². The second kappa shape index (κ2) is 4.81. The second-order valence-corrected chi connectivity index (χ2v) is 3.78. The number of aliphatic carboxylic acids is 4. The van der Waals surface area contributed by atoms with E-state index in [0.717, 1.165) is 0 Å². The molecule has 0 spiro atoms. The summed E-state index contributed by atoms with van der Waals surface area (Å²) in [5.74, 6) is -11.5. The molecule has 0 bridgehead atoms. The van der Waals surface area contributed by atoms with Gasteiger partial charge in [0.15, 0.2) is 0 Å². The van der Waals surface area contributed by atoms with Gasteiger partial charge in [-0.2, -0.15) is 0 Å². The van der Waals surface area contributed by atoms with E-state index in [1.165, 1.54) is 13.8 Å². The van der Waals surface area contributed by atoms with Crippen molar-refractivity contribution in [3.05, 3.63) is 0 Å². The summed E-state index contributed by atoms with van der Waals surface area (Å²) in [6.45, 7) is 2.48. The summed E-state index contributed by atoms with van der Waals surface area (Å²) >= 11 is 0. The summed E-state index contributed by atoms with van der Waals surface area (Å²) in [6.07, 6.45) is 0. The highest BCUT2D eigenvalue weighted by Crippen LogP contribution is 2.35. The molecule has 17 heavy (non-hydrogen) atoms. The minimum atomic E-state index is -3.39. The Balaban J connectivity index is 6.07. The van der Waals surface area contributed by atoms with E-state index in [-0.39, 0.29) is 0 Å². The van der Waals surface area contributed by atoms with Crippen LogP contribution in [0.25, 0.3) is 0 Å². The van der Waals surface area contributed by atoms with Gasteiger partial charge in [0, 0.05) is 0 Å². The molecule has 96 valence electrons. The van der Waals surface area contributed by atoms with E-state index >= 15 is 0 Å². The van der Waals surface area contributed by atoms with E-state index in [9.17, 15) is 19.2 Å². The van der Waals surface area contributed by atoms with Crippen LogP contribution in [0.4, 0.5) is 0 Å². The first-order valence-electron chi connectivity index (χ1n) is 4.53. The van der Waals surface area contributed by atoms with Crippen LogP contribution < -0.4 is 0 Å². The quantitative estimate of drug-likeness (QED) is 0.463. The molecular formula is C9H12O8. The van der Waals surface area contributed by atoms with Crippen molar-refractivity contribution >= 4 is 23.9 Å². The van der Waals surface area contributed by atoms with Gasteiger partial charge < -0.3 is 20.4 Å². The van der Waals surface area contributed by atoms with Crippen molar-refractivity contribution in [2.75, 3.05) is 0 Å². The van der Waals surface area contributed by atoms with Gasteiger partial charge in [-0.15, -0.1) is 0 Å². The lowest BCUT2D eigenvalue weighted by molar-refractivity contribution is -0.187. The Morgan fingerprint density at radius 3 is 1.18 bits per heavy atom. The summed E-state index contributed by atoms with van der Waals surface area (Å²) < 4.78 is 0. The predicted molar refractivity (Wildman–Crippen MR) is 51.3 cm³/mol. The molecule has 0 aliphatic rings. The normalized spacial score (nSPS) is 13.1. The Bertz CT molecular complexity index is 333. The summed E-state index contributed by atoms with van der Waals surface area (Å²) in [4.78, 5) is 43.7. The fourth-order valence-corrected chi connectivity index (χ4v) is 1.64. The van der Waals surface area contributed by atoms with Gasteiger partial charge in [0.25, 0.3) is 5.41 Å². The predicted octanol–water partition coefficient (Wildman–Crippen LogP) is -0.417. The Hall–Kier alpha value is -2.12. The number of carboxylic acids is 4. The van der Waals surface area contributed by atoms with Gasteiger partial charge in [-0.3, -0.25) is 19.2 Å². The van der Waals surface area contributed by atoms with Crippen LogP contribution >= 0.6 is 0 Å². The first-order chi connectivity index (χ1) is 7.59. The minimum absolute atomic E-state index is 0.976. The molecule has 0 fully saturated rings. The first kappa shape index (κ1) is 14.9. The van der Waals surface area contributed by atoms with Crippen LogP contribution in [-0.2, 0) is 19.2 Å². The molecule has 0 aromatic heterocycles. The van der Waals surface area contributed by atoms with Crippen LogP contribution in [0.5, 0.6) is 0 Å². The lowest BCUT2D eigenvalue weighted by Crippen LogP contribution is -2.56. The molecule has 0 amide bonds. The van der Waals surface area contributed by atoms with Gasteiger partial charge in [0.2, 0.25) is 0 Å². The summed E-state index contributed by atoms with van der Waals surface area (Å²) in [6, 6.07) is 0. The van der Waals surface area contributed by atoms with Crippen LogP contribution in [0, 0.1) is 17.3 Å². The zero-order chi connectivity index (χ0) is 14.0. The van der Waals surface area contributed by atoms with Gasteiger partial charge in [0.05, 0.1) is 5.92 Å². The van der Waals surface area contributed by atoms with Gasteiger partial charge in [-0.25, -0.2) is 0 Å². The molecule has 0 rings (SSSR count). The minimum Gasteiger partial charge on any atom is -0.481 e. The zero-order valence-corrected chi connectivity index (χ0v) is 9.08. The summed E-state index contributed by atoms with van der Waals surface area (Å²) in [7, 11) is 0. The van der Waals surface area contributed by atoms with Crippen molar-refractivity contribution < 1.29 is 39.6 Å². The van der Waals surface area contributed by atoms with Crippen molar-refractivity contribution in [2.24, 2.45) is 17.3 Å². The van der Waals surface area contributed by atoms with E-state index in [1.807, 2.05) is 0 Å². The smallest absolute Gasteiger partial charge is 0.333 e. The number of carboxylic acid groups (broad SMARTS) is 4. The van der Waals surface area contributed by atoms with E-state index in [1.54, 1.807) is 0 Å². The Morgan fingerprint density at radius 2 is 1.12 bits per heavy atom. The molecule has 1 unspecified atom stereocenters. The fourth-order valence-electron chi connectivity index (χ4n) is 1.64. The number of carbonyl (C=O) groups is 4. The third-order valence-electron chi connectivity index (χ3n) is 2.41.